The highest BCUT2D eigenvalue weighted by molar-refractivity contribution is 5.43. The number of rotatable bonds is 11. The van der Waals surface area contributed by atoms with Crippen LogP contribution in [-0.2, 0) is 13.0 Å². The summed E-state index contributed by atoms with van der Waals surface area (Å²) in [5, 5.41) is 3.59. The van der Waals surface area contributed by atoms with Gasteiger partial charge in [0.2, 0.25) is 0 Å². The van der Waals surface area contributed by atoms with Gasteiger partial charge in [-0.3, -0.25) is 0 Å². The first-order valence-electron chi connectivity index (χ1n) is 8.99. The van der Waals surface area contributed by atoms with E-state index in [0.29, 0.717) is 19.3 Å². The van der Waals surface area contributed by atoms with Gasteiger partial charge in [-0.05, 0) is 49.9 Å². The van der Waals surface area contributed by atoms with Crippen molar-refractivity contribution in [2.45, 2.75) is 39.3 Å². The van der Waals surface area contributed by atoms with Gasteiger partial charge in [0.25, 0.3) is 0 Å². The fourth-order valence-electron chi connectivity index (χ4n) is 2.62. The maximum absolute atomic E-state index is 5.70. The van der Waals surface area contributed by atoms with Crippen LogP contribution in [-0.4, -0.2) is 19.3 Å². The number of aryl methyl sites for hydroxylation is 1. The third kappa shape index (κ3) is 6.63. The Labute approximate surface area is 151 Å². The van der Waals surface area contributed by atoms with Crippen LogP contribution in [0.5, 0.6) is 11.5 Å². The zero-order valence-electron chi connectivity index (χ0n) is 15.3. The first-order valence-corrected chi connectivity index (χ1v) is 8.99. The van der Waals surface area contributed by atoms with Gasteiger partial charge in [-0.25, -0.2) is 0 Å². The molecular weight excluding hydrogens is 310 g/mol. The fourth-order valence-corrected chi connectivity index (χ4v) is 2.62. The highest BCUT2D eigenvalue weighted by atomic mass is 16.5. The molecule has 3 nitrogen and oxygen atoms in total. The lowest BCUT2D eigenvalue weighted by atomic mass is 10.1. The molecule has 2 rings (SSSR count). The normalized spacial score (nSPS) is 11.8. The molecule has 0 spiro atoms. The van der Waals surface area contributed by atoms with Gasteiger partial charge in [-0.15, -0.1) is 0 Å². The van der Waals surface area contributed by atoms with Crippen LogP contribution in [0.3, 0.4) is 0 Å². The molecule has 0 aliphatic rings. The van der Waals surface area contributed by atoms with Crippen LogP contribution in [0.4, 0.5) is 0 Å². The van der Waals surface area contributed by atoms with Crippen LogP contribution in [0, 0.1) is 0 Å². The Kier molecular flexibility index (Phi) is 8.06. The molecule has 0 saturated carbocycles. The van der Waals surface area contributed by atoms with E-state index in [1.807, 2.05) is 13.0 Å². The highest BCUT2D eigenvalue weighted by Gasteiger charge is 2.08. The van der Waals surface area contributed by atoms with E-state index in [2.05, 4.69) is 61.3 Å². The molecule has 1 atom stereocenters. The quantitative estimate of drug-likeness (QED) is 0.599. The van der Waals surface area contributed by atoms with Crippen LogP contribution >= 0.6 is 0 Å². The second-order valence-corrected chi connectivity index (χ2v) is 6.12. The second kappa shape index (κ2) is 10.6. The Hall–Kier alpha value is -2.26. The van der Waals surface area contributed by atoms with Gasteiger partial charge < -0.3 is 14.8 Å². The minimum absolute atomic E-state index is 0.451. The molecule has 0 heterocycles. The van der Waals surface area contributed by atoms with Gasteiger partial charge in [-0.1, -0.05) is 49.1 Å². The molecule has 0 bridgehead atoms. The number of nitrogens with one attached hydrogen (secondary N) is 1. The molecule has 25 heavy (non-hydrogen) atoms. The summed E-state index contributed by atoms with van der Waals surface area (Å²) in [4.78, 5) is 0. The zero-order valence-corrected chi connectivity index (χ0v) is 15.3. The van der Waals surface area contributed by atoms with Crippen molar-refractivity contribution in [2.24, 2.45) is 0 Å². The van der Waals surface area contributed by atoms with Crippen molar-refractivity contribution in [1.82, 2.24) is 5.32 Å². The molecule has 0 aliphatic carbocycles. The van der Waals surface area contributed by atoms with Crippen molar-refractivity contribution in [1.29, 1.82) is 0 Å². The number of benzene rings is 2. The van der Waals surface area contributed by atoms with Crippen molar-refractivity contribution < 1.29 is 9.47 Å². The Bertz CT molecular complexity index is 640. The molecule has 0 radical (unpaired) electrons. The van der Waals surface area contributed by atoms with E-state index in [-0.39, 0.29) is 0 Å². The van der Waals surface area contributed by atoms with Gasteiger partial charge in [0, 0.05) is 12.6 Å². The molecular formula is C22H29NO2. The maximum atomic E-state index is 5.70. The highest BCUT2D eigenvalue weighted by Crippen LogP contribution is 2.28. The van der Waals surface area contributed by atoms with Crippen molar-refractivity contribution in [3.8, 4) is 11.5 Å². The predicted octanol–water partition coefficient (Wildman–Crippen LogP) is 4.76. The van der Waals surface area contributed by atoms with Gasteiger partial charge in [0.1, 0.15) is 6.61 Å². The SMILES string of the molecule is C=CCOc1ccc(CNC(C)CCc2ccccc2)cc1OCC. The third-order valence-corrected chi connectivity index (χ3v) is 4.03. The van der Waals surface area contributed by atoms with E-state index in [1.54, 1.807) is 6.08 Å². The summed E-state index contributed by atoms with van der Waals surface area (Å²) in [6.07, 6.45) is 3.94. The van der Waals surface area contributed by atoms with E-state index in [1.165, 1.54) is 11.1 Å². The van der Waals surface area contributed by atoms with Gasteiger partial charge in [-0.2, -0.15) is 0 Å². The molecule has 1 unspecified atom stereocenters. The summed E-state index contributed by atoms with van der Waals surface area (Å²) >= 11 is 0. The summed E-state index contributed by atoms with van der Waals surface area (Å²) in [6, 6.07) is 17.2. The van der Waals surface area contributed by atoms with E-state index >= 15 is 0 Å². The summed E-state index contributed by atoms with van der Waals surface area (Å²) < 4.78 is 11.3. The molecule has 0 fully saturated rings. The minimum Gasteiger partial charge on any atom is -0.490 e. The molecule has 0 amide bonds. The Morgan fingerprint density at radius 2 is 1.84 bits per heavy atom. The van der Waals surface area contributed by atoms with Crippen molar-refractivity contribution in [2.75, 3.05) is 13.2 Å². The lowest BCUT2D eigenvalue weighted by Crippen LogP contribution is -2.26. The number of hydrogen-bond acceptors (Lipinski definition) is 3. The van der Waals surface area contributed by atoms with E-state index < -0.39 is 0 Å². The number of hydrogen-bond donors (Lipinski definition) is 1. The average molecular weight is 339 g/mol. The number of ether oxygens (including phenoxy) is 2. The summed E-state index contributed by atoms with van der Waals surface area (Å²) in [6.45, 7) is 9.81. The average Bonchev–Trinajstić information content (AvgIpc) is 2.65. The molecule has 0 saturated heterocycles. The Morgan fingerprint density at radius 3 is 2.56 bits per heavy atom. The molecule has 134 valence electrons. The topological polar surface area (TPSA) is 30.5 Å². The summed E-state index contributed by atoms with van der Waals surface area (Å²) in [5.41, 5.74) is 2.58. The fraction of sp³-hybridized carbons (Fsp3) is 0.364. The first-order chi connectivity index (χ1) is 12.2. The van der Waals surface area contributed by atoms with Crippen molar-refractivity contribution in [3.05, 3.63) is 72.3 Å². The van der Waals surface area contributed by atoms with E-state index in [0.717, 1.165) is 30.9 Å². The lowest BCUT2D eigenvalue weighted by molar-refractivity contribution is 0.296. The first kappa shape index (κ1) is 19.1. The van der Waals surface area contributed by atoms with E-state index in [4.69, 9.17) is 9.47 Å². The van der Waals surface area contributed by atoms with Gasteiger partial charge >= 0.3 is 0 Å². The molecule has 0 aromatic heterocycles. The standard InChI is InChI=1S/C22H29NO2/c1-4-15-25-21-14-13-20(16-22(21)24-5-2)17-23-18(3)11-12-19-9-7-6-8-10-19/h4,6-10,13-14,16,18,23H,1,5,11-12,15,17H2,2-3H3. The maximum Gasteiger partial charge on any atom is 0.161 e. The van der Waals surface area contributed by atoms with Crippen LogP contribution in [0.1, 0.15) is 31.4 Å². The zero-order chi connectivity index (χ0) is 17.9. The van der Waals surface area contributed by atoms with E-state index in [9.17, 15) is 0 Å². The minimum atomic E-state index is 0.451. The second-order valence-electron chi connectivity index (χ2n) is 6.12. The van der Waals surface area contributed by atoms with Crippen LogP contribution in [0.15, 0.2) is 61.2 Å². The van der Waals surface area contributed by atoms with Crippen LogP contribution in [0.25, 0.3) is 0 Å². The summed E-state index contributed by atoms with van der Waals surface area (Å²) in [5.74, 6) is 1.56. The largest absolute Gasteiger partial charge is 0.490 e. The smallest absolute Gasteiger partial charge is 0.161 e. The lowest BCUT2D eigenvalue weighted by Gasteiger charge is -2.16. The molecule has 3 heteroatoms. The monoisotopic (exact) mass is 339 g/mol. The van der Waals surface area contributed by atoms with Crippen molar-refractivity contribution >= 4 is 0 Å². The molecule has 1 N–H and O–H groups in total. The van der Waals surface area contributed by atoms with Crippen LogP contribution in [0.2, 0.25) is 0 Å². The molecule has 2 aromatic carbocycles. The van der Waals surface area contributed by atoms with Crippen LogP contribution < -0.4 is 14.8 Å². The van der Waals surface area contributed by atoms with Crippen molar-refractivity contribution in [3.63, 3.8) is 0 Å². The molecule has 2 aromatic rings. The predicted molar refractivity (Wildman–Crippen MR) is 104 cm³/mol. The molecule has 0 aliphatic heterocycles. The Morgan fingerprint density at radius 1 is 1.04 bits per heavy atom. The summed E-state index contributed by atoms with van der Waals surface area (Å²) in [7, 11) is 0. The van der Waals surface area contributed by atoms with Gasteiger partial charge in [0.15, 0.2) is 11.5 Å². The third-order valence-electron chi connectivity index (χ3n) is 4.03. The van der Waals surface area contributed by atoms with Gasteiger partial charge in [0.05, 0.1) is 6.61 Å². The Balaban J connectivity index is 1.86.